The molecule has 0 radical (unpaired) electrons. The van der Waals surface area contributed by atoms with Gasteiger partial charge in [0.1, 0.15) is 6.61 Å². The number of pyridine rings is 1. The molecule has 2 aromatic rings. The molecule has 0 aliphatic carbocycles. The molecule has 0 aliphatic heterocycles. The van der Waals surface area contributed by atoms with Crippen LogP contribution in [-0.2, 0) is 21.4 Å². The summed E-state index contributed by atoms with van der Waals surface area (Å²) in [6.07, 6.45) is 1.19. The summed E-state index contributed by atoms with van der Waals surface area (Å²) < 4.78 is 30.5. The monoisotopic (exact) mass is 422 g/mol. The SMILES string of the molecule is CN(C)S(=O)(=O)c1cccc(COC(=O)c2ncc(Cl)c(Cl)c2Cl)c1. The van der Waals surface area contributed by atoms with E-state index in [1.165, 1.54) is 32.4 Å². The third-order valence-electron chi connectivity index (χ3n) is 3.16. The van der Waals surface area contributed by atoms with Gasteiger partial charge in [-0.2, -0.15) is 0 Å². The van der Waals surface area contributed by atoms with E-state index in [9.17, 15) is 13.2 Å². The fraction of sp³-hybridized carbons (Fsp3) is 0.200. The Labute approximate surface area is 160 Å². The van der Waals surface area contributed by atoms with Crippen LogP contribution in [0.2, 0.25) is 15.1 Å². The molecule has 6 nitrogen and oxygen atoms in total. The van der Waals surface area contributed by atoms with Crippen LogP contribution in [0.3, 0.4) is 0 Å². The smallest absolute Gasteiger partial charge is 0.358 e. The van der Waals surface area contributed by atoms with E-state index in [0.717, 1.165) is 4.31 Å². The maximum Gasteiger partial charge on any atom is 0.358 e. The van der Waals surface area contributed by atoms with Gasteiger partial charge in [0.25, 0.3) is 0 Å². The fourth-order valence-corrected chi connectivity index (χ4v) is 3.34. The molecule has 134 valence electrons. The first kappa shape index (κ1) is 19.9. The number of ether oxygens (including phenoxy) is 1. The van der Waals surface area contributed by atoms with Crippen molar-refractivity contribution in [2.24, 2.45) is 0 Å². The number of hydrogen-bond acceptors (Lipinski definition) is 5. The van der Waals surface area contributed by atoms with E-state index in [1.807, 2.05) is 0 Å². The summed E-state index contributed by atoms with van der Waals surface area (Å²) >= 11 is 17.5. The van der Waals surface area contributed by atoms with Crippen LogP contribution in [0.15, 0.2) is 35.4 Å². The molecule has 0 fully saturated rings. The number of nitrogens with zero attached hydrogens (tertiary/aromatic N) is 2. The number of esters is 1. The van der Waals surface area contributed by atoms with Gasteiger partial charge in [-0.3, -0.25) is 0 Å². The molecule has 1 aromatic carbocycles. The average Bonchev–Trinajstić information content (AvgIpc) is 2.58. The zero-order valence-corrected chi connectivity index (χ0v) is 16.2. The molecule has 0 atom stereocenters. The fourth-order valence-electron chi connectivity index (χ4n) is 1.81. The average molecular weight is 424 g/mol. The lowest BCUT2D eigenvalue weighted by Crippen LogP contribution is -2.22. The van der Waals surface area contributed by atoms with Crippen molar-refractivity contribution in [3.63, 3.8) is 0 Å². The molecule has 10 heteroatoms. The van der Waals surface area contributed by atoms with E-state index in [-0.39, 0.29) is 32.3 Å². The Morgan fingerprint density at radius 1 is 1.20 bits per heavy atom. The van der Waals surface area contributed by atoms with Gasteiger partial charge in [0.2, 0.25) is 10.0 Å². The Morgan fingerprint density at radius 3 is 2.52 bits per heavy atom. The number of carbonyl (C=O) groups is 1. The molecule has 25 heavy (non-hydrogen) atoms. The highest BCUT2D eigenvalue weighted by Crippen LogP contribution is 2.31. The van der Waals surface area contributed by atoms with E-state index < -0.39 is 16.0 Å². The molecular formula is C15H13Cl3N2O4S. The zero-order chi connectivity index (χ0) is 18.8. The molecule has 0 bridgehead atoms. The minimum atomic E-state index is -3.58. The minimum Gasteiger partial charge on any atom is -0.456 e. The lowest BCUT2D eigenvalue weighted by molar-refractivity contribution is 0.0466. The van der Waals surface area contributed by atoms with E-state index in [2.05, 4.69) is 4.98 Å². The summed E-state index contributed by atoms with van der Waals surface area (Å²) in [5.74, 6) is -0.801. The normalized spacial score (nSPS) is 11.6. The first-order valence-corrected chi connectivity index (χ1v) is 9.40. The predicted octanol–water partition coefficient (Wildman–Crippen LogP) is 3.65. The topological polar surface area (TPSA) is 76.6 Å². The summed E-state index contributed by atoms with van der Waals surface area (Å²) in [5, 5.41) is 0.0114. The summed E-state index contributed by atoms with van der Waals surface area (Å²) in [5.41, 5.74) is 0.320. The highest BCUT2D eigenvalue weighted by atomic mass is 35.5. The first-order chi connectivity index (χ1) is 11.6. The Kier molecular flexibility index (Phi) is 6.29. The van der Waals surface area contributed by atoms with Gasteiger partial charge in [0.15, 0.2) is 5.69 Å². The quantitative estimate of drug-likeness (QED) is 0.686. The number of carbonyl (C=O) groups excluding carboxylic acids is 1. The van der Waals surface area contributed by atoms with Crippen molar-refractivity contribution in [1.29, 1.82) is 0 Å². The number of halogens is 3. The summed E-state index contributed by atoms with van der Waals surface area (Å²) in [4.78, 5) is 16.0. The largest absolute Gasteiger partial charge is 0.456 e. The van der Waals surface area contributed by atoms with Crippen molar-refractivity contribution in [3.8, 4) is 0 Å². The second-order valence-electron chi connectivity index (χ2n) is 5.09. The van der Waals surface area contributed by atoms with E-state index in [1.54, 1.807) is 12.1 Å². The Morgan fingerprint density at radius 2 is 1.88 bits per heavy atom. The Balaban J connectivity index is 2.17. The lowest BCUT2D eigenvalue weighted by atomic mass is 10.2. The van der Waals surface area contributed by atoms with Gasteiger partial charge in [0.05, 0.1) is 20.0 Å². The molecule has 0 spiro atoms. The number of sulfonamides is 1. The van der Waals surface area contributed by atoms with Gasteiger partial charge in [-0.05, 0) is 17.7 Å². The molecular weight excluding hydrogens is 411 g/mol. The Bertz CT molecular complexity index is 917. The highest BCUT2D eigenvalue weighted by Gasteiger charge is 2.20. The molecule has 2 rings (SSSR count). The maximum absolute atomic E-state index is 12.1. The van der Waals surface area contributed by atoms with E-state index >= 15 is 0 Å². The van der Waals surface area contributed by atoms with Crippen molar-refractivity contribution >= 4 is 50.8 Å². The van der Waals surface area contributed by atoms with Gasteiger partial charge >= 0.3 is 5.97 Å². The van der Waals surface area contributed by atoms with Gasteiger partial charge < -0.3 is 4.74 Å². The first-order valence-electron chi connectivity index (χ1n) is 6.82. The van der Waals surface area contributed by atoms with Crippen molar-refractivity contribution in [1.82, 2.24) is 9.29 Å². The molecule has 0 unspecified atom stereocenters. The number of hydrogen-bond donors (Lipinski definition) is 0. The van der Waals surface area contributed by atoms with Crippen molar-refractivity contribution < 1.29 is 17.9 Å². The third kappa shape index (κ3) is 4.43. The van der Waals surface area contributed by atoms with Gasteiger partial charge in [-0.15, -0.1) is 0 Å². The van der Waals surface area contributed by atoms with Crippen LogP contribution in [0.1, 0.15) is 16.1 Å². The minimum absolute atomic E-state index is 0.00403. The van der Waals surface area contributed by atoms with Crippen LogP contribution in [0.4, 0.5) is 0 Å². The van der Waals surface area contributed by atoms with Crippen LogP contribution in [-0.4, -0.2) is 37.8 Å². The van der Waals surface area contributed by atoms with Crippen LogP contribution < -0.4 is 0 Å². The summed E-state index contributed by atoms with van der Waals surface area (Å²) in [6.45, 7) is -0.159. The van der Waals surface area contributed by atoms with Gasteiger partial charge in [-0.25, -0.2) is 22.5 Å². The molecule has 1 heterocycles. The second kappa shape index (κ2) is 7.88. The molecule has 0 saturated carbocycles. The highest BCUT2D eigenvalue weighted by molar-refractivity contribution is 7.89. The molecule has 0 N–H and O–H groups in total. The summed E-state index contributed by atoms with van der Waals surface area (Å²) in [7, 11) is -0.719. The van der Waals surface area contributed by atoms with E-state index in [4.69, 9.17) is 39.5 Å². The summed E-state index contributed by atoms with van der Waals surface area (Å²) in [6, 6.07) is 6.07. The van der Waals surface area contributed by atoms with Crippen molar-refractivity contribution in [2.45, 2.75) is 11.5 Å². The van der Waals surface area contributed by atoms with Crippen LogP contribution in [0, 0.1) is 0 Å². The zero-order valence-electron chi connectivity index (χ0n) is 13.2. The lowest BCUT2D eigenvalue weighted by Gasteiger charge is -2.12. The molecule has 1 aromatic heterocycles. The van der Waals surface area contributed by atoms with Crippen LogP contribution >= 0.6 is 34.8 Å². The van der Waals surface area contributed by atoms with Crippen LogP contribution in [0.5, 0.6) is 0 Å². The predicted molar refractivity (Wildman–Crippen MR) is 95.7 cm³/mol. The molecule has 0 saturated heterocycles. The number of benzene rings is 1. The standard InChI is InChI=1S/C15H13Cl3N2O4S/c1-20(2)25(22,23)10-5-3-4-9(6-10)8-24-15(21)14-13(18)12(17)11(16)7-19-14/h3-7H,8H2,1-2H3. The van der Waals surface area contributed by atoms with Gasteiger partial charge in [0, 0.05) is 20.3 Å². The van der Waals surface area contributed by atoms with Crippen molar-refractivity contribution in [3.05, 3.63) is 56.8 Å². The van der Waals surface area contributed by atoms with E-state index in [0.29, 0.717) is 5.56 Å². The van der Waals surface area contributed by atoms with Crippen molar-refractivity contribution in [2.75, 3.05) is 14.1 Å². The molecule has 0 amide bonds. The van der Waals surface area contributed by atoms with Crippen LogP contribution in [0.25, 0.3) is 0 Å². The number of rotatable bonds is 5. The third-order valence-corrected chi connectivity index (χ3v) is 6.21. The number of aromatic nitrogens is 1. The second-order valence-corrected chi connectivity index (χ2v) is 8.41. The molecule has 0 aliphatic rings. The van der Waals surface area contributed by atoms with Gasteiger partial charge in [-0.1, -0.05) is 46.9 Å². The maximum atomic E-state index is 12.1. The Hall–Kier alpha value is -1.38.